The number of carbonyl (C=O) groups is 1. The third kappa shape index (κ3) is 3.63. The Bertz CT molecular complexity index is 705. The van der Waals surface area contributed by atoms with Gasteiger partial charge in [-0.3, -0.25) is 14.9 Å². The molecule has 0 aliphatic carbocycles. The zero-order chi connectivity index (χ0) is 15.4. The maximum absolute atomic E-state index is 13.0. The number of nitro groups is 1. The minimum Gasteiger partial charge on any atom is -0.488 e. The van der Waals surface area contributed by atoms with Crippen molar-refractivity contribution in [2.75, 3.05) is 0 Å². The van der Waals surface area contributed by atoms with Gasteiger partial charge in [-0.15, -0.1) is 0 Å². The van der Waals surface area contributed by atoms with Gasteiger partial charge in [-0.2, -0.15) is 0 Å². The highest BCUT2D eigenvalue weighted by Gasteiger charge is 2.11. The Kier molecular flexibility index (Phi) is 4.64. The maximum atomic E-state index is 13.0. The Morgan fingerprint density at radius 3 is 2.67 bits per heavy atom. The summed E-state index contributed by atoms with van der Waals surface area (Å²) < 4.78 is 19.0. The lowest BCUT2D eigenvalue weighted by atomic mass is 10.2. The Morgan fingerprint density at radius 1 is 1.29 bits per heavy atom. The molecule has 2 aromatic carbocycles. The van der Waals surface area contributed by atoms with E-state index in [-0.39, 0.29) is 23.6 Å². The van der Waals surface area contributed by atoms with Gasteiger partial charge >= 0.3 is 0 Å². The van der Waals surface area contributed by atoms with Gasteiger partial charge in [0, 0.05) is 22.2 Å². The lowest BCUT2D eigenvalue weighted by molar-refractivity contribution is -0.384. The molecule has 0 radical (unpaired) electrons. The van der Waals surface area contributed by atoms with Crippen LogP contribution >= 0.6 is 15.9 Å². The molecule has 0 unspecified atom stereocenters. The van der Waals surface area contributed by atoms with Crippen molar-refractivity contribution in [1.82, 2.24) is 0 Å². The zero-order valence-electron chi connectivity index (χ0n) is 10.6. The van der Waals surface area contributed by atoms with E-state index in [0.717, 1.165) is 6.07 Å². The molecule has 108 valence electrons. The van der Waals surface area contributed by atoms with Gasteiger partial charge < -0.3 is 4.74 Å². The van der Waals surface area contributed by atoms with Crippen molar-refractivity contribution in [3.05, 3.63) is 67.9 Å². The fraction of sp³-hybridized carbons (Fsp3) is 0.0714. The number of hydrogen-bond acceptors (Lipinski definition) is 4. The predicted molar refractivity (Wildman–Crippen MR) is 76.9 cm³/mol. The van der Waals surface area contributed by atoms with Crippen molar-refractivity contribution < 1.29 is 18.8 Å². The monoisotopic (exact) mass is 353 g/mol. The van der Waals surface area contributed by atoms with Gasteiger partial charge in [0.25, 0.3) is 5.69 Å². The lowest BCUT2D eigenvalue weighted by Crippen LogP contribution is -2.00. The normalized spacial score (nSPS) is 10.2. The molecule has 7 heteroatoms. The molecule has 0 aromatic heterocycles. The molecular formula is C14H9BrFNO4. The first-order valence-corrected chi connectivity index (χ1v) is 6.61. The molecule has 0 atom stereocenters. The summed E-state index contributed by atoms with van der Waals surface area (Å²) in [6.07, 6.45) is 0.503. The van der Waals surface area contributed by atoms with Gasteiger partial charge in [-0.05, 0) is 24.3 Å². The van der Waals surface area contributed by atoms with Crippen molar-refractivity contribution in [3.8, 4) is 5.75 Å². The number of halogens is 2. The standard InChI is InChI=1S/C14H9BrFNO4/c15-13-6-12(17(19)20)3-1-9(13)8-21-14-4-2-11(16)5-10(14)7-18/h1-7H,8H2. The first kappa shape index (κ1) is 15.1. The third-order valence-electron chi connectivity index (χ3n) is 2.73. The van der Waals surface area contributed by atoms with Crippen LogP contribution in [0.4, 0.5) is 10.1 Å². The Hall–Kier alpha value is -2.28. The van der Waals surface area contributed by atoms with Crippen molar-refractivity contribution in [2.45, 2.75) is 6.61 Å². The van der Waals surface area contributed by atoms with Crippen LogP contribution in [0.15, 0.2) is 40.9 Å². The van der Waals surface area contributed by atoms with Gasteiger partial charge in [0.1, 0.15) is 18.2 Å². The molecular weight excluding hydrogens is 345 g/mol. The zero-order valence-corrected chi connectivity index (χ0v) is 12.2. The van der Waals surface area contributed by atoms with Crippen LogP contribution in [0.5, 0.6) is 5.75 Å². The van der Waals surface area contributed by atoms with E-state index in [1.165, 1.54) is 24.3 Å². The van der Waals surface area contributed by atoms with E-state index < -0.39 is 10.7 Å². The number of benzene rings is 2. The largest absolute Gasteiger partial charge is 0.488 e. The Morgan fingerprint density at radius 2 is 2.05 bits per heavy atom. The average Bonchev–Trinajstić information content (AvgIpc) is 2.46. The van der Waals surface area contributed by atoms with Crippen LogP contribution in [0.3, 0.4) is 0 Å². The molecule has 0 amide bonds. The van der Waals surface area contributed by atoms with E-state index in [9.17, 15) is 19.3 Å². The number of hydrogen-bond donors (Lipinski definition) is 0. The van der Waals surface area contributed by atoms with Crippen LogP contribution in [-0.4, -0.2) is 11.2 Å². The van der Waals surface area contributed by atoms with Crippen molar-refractivity contribution in [1.29, 1.82) is 0 Å². The second-order valence-electron chi connectivity index (χ2n) is 4.12. The summed E-state index contributed by atoms with van der Waals surface area (Å²) in [6.45, 7) is 0.0883. The Labute approximate surface area is 127 Å². The molecule has 21 heavy (non-hydrogen) atoms. The summed E-state index contributed by atoms with van der Waals surface area (Å²) in [5.74, 6) is -0.280. The van der Waals surface area contributed by atoms with E-state index in [1.54, 1.807) is 6.07 Å². The summed E-state index contributed by atoms with van der Waals surface area (Å²) in [4.78, 5) is 21.0. The molecule has 0 heterocycles. The molecule has 2 aromatic rings. The van der Waals surface area contributed by atoms with E-state index >= 15 is 0 Å². The predicted octanol–water partition coefficient (Wildman–Crippen LogP) is 3.89. The van der Waals surface area contributed by atoms with Gasteiger partial charge in [-0.25, -0.2) is 4.39 Å². The van der Waals surface area contributed by atoms with Crippen LogP contribution in [-0.2, 0) is 6.61 Å². The van der Waals surface area contributed by atoms with Crippen molar-refractivity contribution >= 4 is 27.9 Å². The molecule has 0 fully saturated rings. The van der Waals surface area contributed by atoms with Crippen LogP contribution in [0.1, 0.15) is 15.9 Å². The second kappa shape index (κ2) is 6.45. The van der Waals surface area contributed by atoms with Crippen LogP contribution in [0.2, 0.25) is 0 Å². The molecule has 0 aliphatic rings. The maximum Gasteiger partial charge on any atom is 0.270 e. The van der Waals surface area contributed by atoms with Crippen molar-refractivity contribution in [3.63, 3.8) is 0 Å². The first-order valence-electron chi connectivity index (χ1n) is 5.81. The van der Waals surface area contributed by atoms with Crippen LogP contribution in [0, 0.1) is 15.9 Å². The van der Waals surface area contributed by atoms with Crippen LogP contribution < -0.4 is 4.74 Å². The van der Waals surface area contributed by atoms with Gasteiger partial charge in [0.15, 0.2) is 6.29 Å². The van der Waals surface area contributed by atoms with E-state index in [0.29, 0.717) is 16.3 Å². The number of nitro benzene ring substituents is 1. The van der Waals surface area contributed by atoms with Crippen LogP contribution in [0.25, 0.3) is 0 Å². The minimum atomic E-state index is -0.527. The third-order valence-corrected chi connectivity index (χ3v) is 3.47. The molecule has 0 bridgehead atoms. The van der Waals surface area contributed by atoms with Gasteiger partial charge in [0.2, 0.25) is 0 Å². The van der Waals surface area contributed by atoms with E-state index in [4.69, 9.17) is 4.74 Å². The number of carbonyl (C=O) groups excluding carboxylic acids is 1. The summed E-state index contributed by atoms with van der Waals surface area (Å²) in [5, 5.41) is 10.6. The fourth-order valence-electron chi connectivity index (χ4n) is 1.67. The first-order chi connectivity index (χ1) is 10.0. The van der Waals surface area contributed by atoms with E-state index in [1.807, 2.05) is 0 Å². The molecule has 0 saturated heterocycles. The molecule has 0 N–H and O–H groups in total. The highest BCUT2D eigenvalue weighted by Crippen LogP contribution is 2.25. The quantitative estimate of drug-likeness (QED) is 0.464. The number of rotatable bonds is 5. The summed E-state index contributed by atoms with van der Waals surface area (Å²) in [6, 6.07) is 7.89. The van der Waals surface area contributed by atoms with E-state index in [2.05, 4.69) is 15.9 Å². The topological polar surface area (TPSA) is 69.4 Å². The number of nitrogens with zero attached hydrogens (tertiary/aromatic N) is 1. The summed E-state index contributed by atoms with van der Waals surface area (Å²) >= 11 is 3.22. The fourth-order valence-corrected chi connectivity index (χ4v) is 2.15. The molecule has 2 rings (SSSR count). The highest BCUT2D eigenvalue weighted by molar-refractivity contribution is 9.10. The summed E-state index contributed by atoms with van der Waals surface area (Å²) in [7, 11) is 0. The second-order valence-corrected chi connectivity index (χ2v) is 4.98. The lowest BCUT2D eigenvalue weighted by Gasteiger charge is -2.09. The number of non-ortho nitro benzene ring substituents is 1. The van der Waals surface area contributed by atoms with Gasteiger partial charge in [-0.1, -0.05) is 15.9 Å². The summed E-state index contributed by atoms with van der Waals surface area (Å²) in [5.41, 5.74) is 0.732. The van der Waals surface area contributed by atoms with Gasteiger partial charge in [0.05, 0.1) is 10.5 Å². The Balaban J connectivity index is 2.17. The molecule has 5 nitrogen and oxygen atoms in total. The molecule has 0 aliphatic heterocycles. The highest BCUT2D eigenvalue weighted by atomic mass is 79.9. The van der Waals surface area contributed by atoms with Crippen molar-refractivity contribution in [2.24, 2.45) is 0 Å². The molecule has 0 spiro atoms. The number of ether oxygens (including phenoxy) is 1. The minimum absolute atomic E-state index is 0.0408. The number of aldehydes is 1. The smallest absolute Gasteiger partial charge is 0.270 e. The molecule has 0 saturated carbocycles. The average molecular weight is 354 g/mol. The SMILES string of the molecule is O=Cc1cc(F)ccc1OCc1ccc([N+](=O)[O-])cc1Br.